The fourth-order valence-electron chi connectivity index (χ4n) is 1.75. The molecule has 1 unspecified atom stereocenters. The van der Waals surface area contributed by atoms with Crippen LogP contribution in [0.2, 0.25) is 0 Å². The molecular weight excluding hydrogens is 186 g/mol. The topological polar surface area (TPSA) is 22.0 Å². The lowest BCUT2D eigenvalue weighted by Crippen LogP contribution is -2.08. The van der Waals surface area contributed by atoms with Crippen LogP contribution in [0.4, 0.5) is 0 Å². The molecule has 2 rings (SSSR count). The zero-order valence-corrected chi connectivity index (χ0v) is 8.63. The number of hydrogen-bond donors (Lipinski definition) is 0. The number of carbonyl (C=O) groups is 1. The normalized spacial score (nSPS) is 12.3. The number of carbonyl (C=O) groups excluding carboxylic acids is 1. The van der Waals surface area contributed by atoms with E-state index < -0.39 is 0 Å². The minimum atomic E-state index is 0.196. The lowest BCUT2D eigenvalue weighted by molar-refractivity contribution is 0.111. The Morgan fingerprint density at radius 1 is 1.13 bits per heavy atom. The number of rotatable bonds is 3. The van der Waals surface area contributed by atoms with Crippen LogP contribution in [0.5, 0.6) is 0 Å². The summed E-state index contributed by atoms with van der Waals surface area (Å²) in [6.07, 6.45) is 2.82. The van der Waals surface area contributed by atoms with Gasteiger partial charge in [0.05, 0.1) is 11.7 Å². The summed E-state index contributed by atoms with van der Waals surface area (Å²) in [5.41, 5.74) is 1.92. The van der Waals surface area contributed by atoms with Gasteiger partial charge in [-0.1, -0.05) is 30.3 Å². The molecule has 0 fully saturated rings. The summed E-state index contributed by atoms with van der Waals surface area (Å²) >= 11 is 0. The van der Waals surface area contributed by atoms with Gasteiger partial charge in [0.25, 0.3) is 0 Å². The Morgan fingerprint density at radius 2 is 1.87 bits per heavy atom. The number of aldehydes is 1. The summed E-state index contributed by atoms with van der Waals surface area (Å²) < 4.78 is 1.97. The van der Waals surface area contributed by atoms with Crippen LogP contribution >= 0.6 is 0 Å². The molecular formula is C13H13NO. The van der Waals surface area contributed by atoms with E-state index in [1.807, 2.05) is 41.1 Å². The van der Waals surface area contributed by atoms with Crippen LogP contribution in [0.15, 0.2) is 48.7 Å². The zero-order chi connectivity index (χ0) is 10.7. The van der Waals surface area contributed by atoms with Crippen molar-refractivity contribution in [3.05, 3.63) is 59.9 Å². The van der Waals surface area contributed by atoms with Gasteiger partial charge < -0.3 is 4.57 Å². The first-order chi connectivity index (χ1) is 7.33. The first-order valence-corrected chi connectivity index (χ1v) is 5.00. The standard InChI is InChI=1S/C13H13NO/c1-11(12-6-3-2-4-7-12)14-9-5-8-13(14)10-15/h2-11H,1H3. The molecule has 0 bridgehead atoms. The number of hydrogen-bond acceptors (Lipinski definition) is 1. The summed E-state index contributed by atoms with van der Waals surface area (Å²) in [5.74, 6) is 0. The van der Waals surface area contributed by atoms with E-state index in [4.69, 9.17) is 0 Å². The minimum absolute atomic E-state index is 0.196. The van der Waals surface area contributed by atoms with Crippen molar-refractivity contribution < 1.29 is 4.79 Å². The zero-order valence-electron chi connectivity index (χ0n) is 8.63. The van der Waals surface area contributed by atoms with E-state index in [9.17, 15) is 4.79 Å². The Kier molecular flexibility index (Phi) is 2.68. The predicted octanol–water partition coefficient (Wildman–Crippen LogP) is 2.91. The Bertz CT molecular complexity index is 445. The molecule has 0 saturated carbocycles. The molecule has 0 N–H and O–H groups in total. The molecule has 0 amide bonds. The highest BCUT2D eigenvalue weighted by Crippen LogP contribution is 2.19. The molecule has 76 valence electrons. The molecule has 0 aliphatic rings. The Balaban J connectivity index is 2.36. The van der Waals surface area contributed by atoms with E-state index in [1.54, 1.807) is 0 Å². The summed E-state index contributed by atoms with van der Waals surface area (Å²) in [5, 5.41) is 0. The second-order valence-corrected chi connectivity index (χ2v) is 3.54. The molecule has 0 aliphatic carbocycles. The molecule has 0 spiro atoms. The fourth-order valence-corrected chi connectivity index (χ4v) is 1.75. The van der Waals surface area contributed by atoms with Gasteiger partial charge in [0.1, 0.15) is 0 Å². The van der Waals surface area contributed by atoms with Crippen molar-refractivity contribution in [2.45, 2.75) is 13.0 Å². The van der Waals surface area contributed by atoms with Crippen molar-refractivity contribution >= 4 is 6.29 Å². The molecule has 1 aromatic heterocycles. The van der Waals surface area contributed by atoms with Gasteiger partial charge in [0, 0.05) is 6.20 Å². The van der Waals surface area contributed by atoms with E-state index in [0.717, 1.165) is 6.29 Å². The van der Waals surface area contributed by atoms with E-state index >= 15 is 0 Å². The molecule has 1 aromatic carbocycles. The van der Waals surface area contributed by atoms with Gasteiger partial charge in [0.2, 0.25) is 0 Å². The third-order valence-electron chi connectivity index (χ3n) is 2.63. The fraction of sp³-hybridized carbons (Fsp3) is 0.154. The van der Waals surface area contributed by atoms with E-state index in [2.05, 4.69) is 19.1 Å². The quantitative estimate of drug-likeness (QED) is 0.697. The van der Waals surface area contributed by atoms with Gasteiger partial charge in [-0.2, -0.15) is 0 Å². The number of benzene rings is 1. The average Bonchev–Trinajstić information content (AvgIpc) is 2.77. The van der Waals surface area contributed by atoms with Crippen molar-refractivity contribution in [2.75, 3.05) is 0 Å². The molecule has 0 radical (unpaired) electrons. The highest BCUT2D eigenvalue weighted by atomic mass is 16.1. The minimum Gasteiger partial charge on any atom is -0.338 e. The molecule has 0 aliphatic heterocycles. The summed E-state index contributed by atoms with van der Waals surface area (Å²) in [6.45, 7) is 2.09. The number of aromatic nitrogens is 1. The van der Waals surface area contributed by atoms with E-state index in [-0.39, 0.29) is 6.04 Å². The Hall–Kier alpha value is -1.83. The van der Waals surface area contributed by atoms with E-state index in [0.29, 0.717) is 5.69 Å². The monoisotopic (exact) mass is 199 g/mol. The predicted molar refractivity (Wildman–Crippen MR) is 60.1 cm³/mol. The first-order valence-electron chi connectivity index (χ1n) is 5.00. The molecule has 2 heteroatoms. The van der Waals surface area contributed by atoms with Crippen molar-refractivity contribution in [3.63, 3.8) is 0 Å². The third kappa shape index (κ3) is 1.84. The van der Waals surface area contributed by atoms with Crippen LogP contribution in [0.25, 0.3) is 0 Å². The van der Waals surface area contributed by atoms with Crippen molar-refractivity contribution in [1.29, 1.82) is 0 Å². The lowest BCUT2D eigenvalue weighted by atomic mass is 10.1. The molecule has 15 heavy (non-hydrogen) atoms. The smallest absolute Gasteiger partial charge is 0.166 e. The van der Waals surface area contributed by atoms with Crippen molar-refractivity contribution in [3.8, 4) is 0 Å². The second-order valence-electron chi connectivity index (χ2n) is 3.54. The van der Waals surface area contributed by atoms with Crippen LogP contribution in [0, 0.1) is 0 Å². The van der Waals surface area contributed by atoms with Crippen LogP contribution < -0.4 is 0 Å². The highest BCUT2D eigenvalue weighted by Gasteiger charge is 2.09. The van der Waals surface area contributed by atoms with Gasteiger partial charge >= 0.3 is 0 Å². The maximum absolute atomic E-state index is 10.8. The summed E-state index contributed by atoms with van der Waals surface area (Å²) in [7, 11) is 0. The lowest BCUT2D eigenvalue weighted by Gasteiger charge is -2.15. The van der Waals surface area contributed by atoms with Crippen LogP contribution in [-0.2, 0) is 0 Å². The largest absolute Gasteiger partial charge is 0.338 e. The maximum atomic E-state index is 10.8. The van der Waals surface area contributed by atoms with Gasteiger partial charge in [-0.25, -0.2) is 0 Å². The van der Waals surface area contributed by atoms with Crippen LogP contribution in [-0.4, -0.2) is 10.9 Å². The Labute approximate surface area is 89.2 Å². The van der Waals surface area contributed by atoms with Crippen LogP contribution in [0.3, 0.4) is 0 Å². The van der Waals surface area contributed by atoms with Gasteiger partial charge in [0.15, 0.2) is 6.29 Å². The van der Waals surface area contributed by atoms with Gasteiger partial charge in [-0.05, 0) is 24.6 Å². The second kappa shape index (κ2) is 4.13. The first kappa shape index (κ1) is 9.71. The molecule has 0 saturated heterocycles. The third-order valence-corrected chi connectivity index (χ3v) is 2.63. The molecule has 1 heterocycles. The van der Waals surface area contributed by atoms with Gasteiger partial charge in [-0.3, -0.25) is 4.79 Å². The van der Waals surface area contributed by atoms with Crippen molar-refractivity contribution in [1.82, 2.24) is 4.57 Å². The molecule has 2 aromatic rings. The van der Waals surface area contributed by atoms with Gasteiger partial charge in [-0.15, -0.1) is 0 Å². The van der Waals surface area contributed by atoms with E-state index in [1.165, 1.54) is 5.56 Å². The highest BCUT2D eigenvalue weighted by molar-refractivity contribution is 5.72. The van der Waals surface area contributed by atoms with Crippen LogP contribution in [0.1, 0.15) is 29.0 Å². The summed E-state index contributed by atoms with van der Waals surface area (Å²) in [4.78, 5) is 10.8. The average molecular weight is 199 g/mol. The summed E-state index contributed by atoms with van der Waals surface area (Å²) in [6, 6.07) is 14.1. The Morgan fingerprint density at radius 3 is 2.53 bits per heavy atom. The molecule has 1 atom stereocenters. The SMILES string of the molecule is CC(c1ccccc1)n1cccc1C=O. The number of nitrogens with zero attached hydrogens (tertiary/aromatic N) is 1. The van der Waals surface area contributed by atoms with Crippen molar-refractivity contribution in [2.24, 2.45) is 0 Å². The maximum Gasteiger partial charge on any atom is 0.166 e. The molecule has 2 nitrogen and oxygen atoms in total.